The summed E-state index contributed by atoms with van der Waals surface area (Å²) in [5.41, 5.74) is -0.305. The lowest BCUT2D eigenvalue weighted by Gasteiger charge is -2.04. The monoisotopic (exact) mass is 247 g/mol. The molecule has 2 nitrogen and oxygen atoms in total. The van der Waals surface area contributed by atoms with E-state index < -0.39 is 12.7 Å². The summed E-state index contributed by atoms with van der Waals surface area (Å²) in [6.07, 6.45) is 0. The highest BCUT2D eigenvalue weighted by atomic mass is 79.9. The number of alkyl halides is 1. The molecule has 13 heavy (non-hydrogen) atoms. The first-order valence-corrected chi connectivity index (χ1v) is 4.03. The molecule has 0 aliphatic heterocycles. The van der Waals surface area contributed by atoms with Crippen molar-refractivity contribution in [2.24, 2.45) is 0 Å². The Bertz CT molecular complexity index is 362. The van der Waals surface area contributed by atoms with Crippen molar-refractivity contribution < 1.29 is 13.5 Å². The van der Waals surface area contributed by atoms with Gasteiger partial charge in [-0.25, -0.2) is 13.6 Å². The maximum absolute atomic E-state index is 13.0. The zero-order valence-electron chi connectivity index (χ0n) is 6.35. The van der Waals surface area contributed by atoms with Crippen molar-refractivity contribution in [3.8, 4) is 5.75 Å². The summed E-state index contributed by atoms with van der Waals surface area (Å²) in [7, 11) is 0. The van der Waals surface area contributed by atoms with Gasteiger partial charge in [-0.2, -0.15) is 0 Å². The number of benzene rings is 1. The molecule has 0 bridgehead atoms. The van der Waals surface area contributed by atoms with Gasteiger partial charge in [0.25, 0.3) is 5.69 Å². The molecule has 0 fully saturated rings. The van der Waals surface area contributed by atoms with E-state index in [1.807, 2.05) is 0 Å². The molecule has 0 N–H and O–H groups in total. The average Bonchev–Trinajstić information content (AvgIpc) is 2.04. The van der Waals surface area contributed by atoms with Gasteiger partial charge in [-0.1, -0.05) is 15.9 Å². The molecule has 0 saturated heterocycles. The minimum atomic E-state index is -1.08. The van der Waals surface area contributed by atoms with E-state index in [0.717, 1.165) is 6.07 Å². The highest BCUT2D eigenvalue weighted by molar-refractivity contribution is 9.10. The van der Waals surface area contributed by atoms with Crippen LogP contribution in [-0.2, 0) is 0 Å². The first kappa shape index (κ1) is 9.93. The van der Waals surface area contributed by atoms with Crippen LogP contribution in [0, 0.1) is 12.4 Å². The number of ether oxygens (including phenoxy) is 1. The number of rotatable bonds is 2. The summed E-state index contributed by atoms with van der Waals surface area (Å²) < 4.78 is 29.6. The zero-order chi connectivity index (χ0) is 9.84. The highest BCUT2D eigenvalue weighted by Crippen LogP contribution is 2.33. The van der Waals surface area contributed by atoms with Crippen LogP contribution in [0.5, 0.6) is 5.75 Å². The zero-order valence-corrected chi connectivity index (χ0v) is 7.94. The lowest BCUT2D eigenvalue weighted by molar-refractivity contribution is 0.192. The molecule has 0 unspecified atom stereocenters. The van der Waals surface area contributed by atoms with Gasteiger partial charge in [-0.05, 0) is 12.1 Å². The number of halogens is 3. The van der Waals surface area contributed by atoms with E-state index in [-0.39, 0.29) is 11.4 Å². The lowest BCUT2D eigenvalue weighted by Crippen LogP contribution is -1.91. The van der Waals surface area contributed by atoms with Crippen molar-refractivity contribution in [1.82, 2.24) is 0 Å². The second-order valence-corrected chi connectivity index (χ2v) is 3.02. The fourth-order valence-corrected chi connectivity index (χ4v) is 1.23. The van der Waals surface area contributed by atoms with E-state index in [4.69, 9.17) is 6.57 Å². The summed E-state index contributed by atoms with van der Waals surface area (Å²) in [5.74, 6) is -0.822. The standard InChI is InChI=1S/C8H4BrF2NO/c1-12-8-6(11)2-5(9)3-7(8)13-4-10/h2-3H,4H2. The van der Waals surface area contributed by atoms with E-state index >= 15 is 0 Å². The van der Waals surface area contributed by atoms with E-state index in [1.165, 1.54) is 6.07 Å². The van der Waals surface area contributed by atoms with Crippen LogP contribution in [0.25, 0.3) is 4.85 Å². The van der Waals surface area contributed by atoms with Crippen molar-refractivity contribution in [2.75, 3.05) is 6.86 Å². The Morgan fingerprint density at radius 2 is 2.23 bits per heavy atom. The Morgan fingerprint density at radius 1 is 1.54 bits per heavy atom. The fourth-order valence-electron chi connectivity index (χ4n) is 0.820. The molecule has 0 saturated carbocycles. The topological polar surface area (TPSA) is 13.6 Å². The molecule has 0 aliphatic carbocycles. The van der Waals surface area contributed by atoms with Crippen LogP contribution < -0.4 is 4.74 Å². The van der Waals surface area contributed by atoms with Crippen molar-refractivity contribution in [3.05, 3.63) is 33.8 Å². The van der Waals surface area contributed by atoms with Crippen molar-refractivity contribution in [3.63, 3.8) is 0 Å². The van der Waals surface area contributed by atoms with Gasteiger partial charge in [0.2, 0.25) is 6.86 Å². The molecule has 5 heteroatoms. The van der Waals surface area contributed by atoms with Crippen LogP contribution in [-0.4, -0.2) is 6.86 Å². The molecule has 1 aromatic rings. The summed E-state index contributed by atoms with van der Waals surface area (Å²) in [6, 6.07) is 2.47. The maximum atomic E-state index is 13.0. The summed E-state index contributed by atoms with van der Waals surface area (Å²) in [6.45, 7) is 5.56. The van der Waals surface area contributed by atoms with Crippen LogP contribution in [0.3, 0.4) is 0 Å². The fraction of sp³-hybridized carbons (Fsp3) is 0.125. The second kappa shape index (κ2) is 4.19. The molecule has 0 heterocycles. The first-order valence-electron chi connectivity index (χ1n) is 3.24. The van der Waals surface area contributed by atoms with Crippen LogP contribution >= 0.6 is 15.9 Å². The van der Waals surface area contributed by atoms with Crippen LogP contribution in [0.2, 0.25) is 0 Å². The second-order valence-electron chi connectivity index (χ2n) is 2.10. The van der Waals surface area contributed by atoms with Gasteiger partial charge in [0, 0.05) is 4.47 Å². The largest absolute Gasteiger partial charge is 0.474 e. The number of hydrogen-bond acceptors (Lipinski definition) is 1. The molecule has 0 aliphatic rings. The Morgan fingerprint density at radius 3 is 2.77 bits per heavy atom. The van der Waals surface area contributed by atoms with Gasteiger partial charge in [0.05, 0.1) is 6.57 Å². The van der Waals surface area contributed by atoms with Gasteiger partial charge in [-0.15, -0.1) is 0 Å². The third-order valence-electron chi connectivity index (χ3n) is 1.32. The Balaban J connectivity index is 3.23. The van der Waals surface area contributed by atoms with Crippen molar-refractivity contribution in [1.29, 1.82) is 0 Å². The summed E-state index contributed by atoms with van der Waals surface area (Å²) >= 11 is 3.00. The average molecular weight is 248 g/mol. The smallest absolute Gasteiger partial charge is 0.263 e. The Labute approximate surface area is 82.1 Å². The van der Waals surface area contributed by atoms with E-state index in [2.05, 4.69) is 25.5 Å². The minimum Gasteiger partial charge on any atom is -0.474 e. The molecule has 0 radical (unpaired) electrons. The Kier molecular flexibility index (Phi) is 3.20. The highest BCUT2D eigenvalue weighted by Gasteiger charge is 2.11. The normalized spacial score (nSPS) is 9.38. The quantitative estimate of drug-likeness (QED) is 0.731. The van der Waals surface area contributed by atoms with Crippen molar-refractivity contribution >= 4 is 21.6 Å². The first-order chi connectivity index (χ1) is 6.19. The summed E-state index contributed by atoms with van der Waals surface area (Å²) in [5, 5.41) is 0. The predicted molar refractivity (Wildman–Crippen MR) is 47.0 cm³/mol. The third kappa shape index (κ3) is 2.16. The SMILES string of the molecule is [C-]#[N+]c1c(F)cc(Br)cc1OCF. The Hall–Kier alpha value is -1.15. The van der Waals surface area contributed by atoms with Crippen LogP contribution in [0.15, 0.2) is 16.6 Å². The van der Waals surface area contributed by atoms with Gasteiger partial charge >= 0.3 is 0 Å². The molecule has 1 aromatic carbocycles. The molecule has 0 atom stereocenters. The lowest BCUT2D eigenvalue weighted by atomic mass is 10.3. The molecular formula is C8H4BrF2NO. The molecule has 68 valence electrons. The predicted octanol–water partition coefficient (Wildman–Crippen LogP) is 3.44. The van der Waals surface area contributed by atoms with E-state index in [9.17, 15) is 8.78 Å². The molecule has 0 spiro atoms. The number of nitrogens with zero attached hydrogens (tertiary/aromatic N) is 1. The summed E-state index contributed by atoms with van der Waals surface area (Å²) in [4.78, 5) is 2.89. The van der Waals surface area contributed by atoms with Gasteiger partial charge in [0.1, 0.15) is 11.6 Å². The molecule has 0 aromatic heterocycles. The molecular weight excluding hydrogens is 244 g/mol. The third-order valence-corrected chi connectivity index (χ3v) is 1.77. The molecule has 1 rings (SSSR count). The van der Waals surface area contributed by atoms with Crippen LogP contribution in [0.4, 0.5) is 14.5 Å². The van der Waals surface area contributed by atoms with Gasteiger partial charge < -0.3 is 4.74 Å². The maximum Gasteiger partial charge on any atom is 0.263 e. The van der Waals surface area contributed by atoms with Gasteiger partial charge in [-0.3, -0.25) is 0 Å². The van der Waals surface area contributed by atoms with E-state index in [0.29, 0.717) is 4.47 Å². The van der Waals surface area contributed by atoms with Crippen LogP contribution in [0.1, 0.15) is 0 Å². The molecule has 0 amide bonds. The minimum absolute atomic E-state index is 0.0932. The van der Waals surface area contributed by atoms with E-state index in [1.54, 1.807) is 0 Å². The van der Waals surface area contributed by atoms with Gasteiger partial charge in [0.15, 0.2) is 0 Å². The number of hydrogen-bond donors (Lipinski definition) is 0. The van der Waals surface area contributed by atoms with Crippen molar-refractivity contribution in [2.45, 2.75) is 0 Å².